The fourth-order valence-electron chi connectivity index (χ4n) is 9.47. The lowest BCUT2D eigenvalue weighted by Gasteiger charge is -2.30. The number of hydrogen-bond acceptors (Lipinski definition) is 7. The van der Waals surface area contributed by atoms with Crippen molar-refractivity contribution in [2.24, 2.45) is 23.7 Å². The Morgan fingerprint density at radius 1 is 0.810 bits per heavy atom. The van der Waals surface area contributed by atoms with Crippen LogP contribution in [0.25, 0.3) is 33.6 Å². The highest BCUT2D eigenvalue weighted by Crippen LogP contribution is 2.56. The lowest BCUT2D eigenvalue weighted by atomic mass is 9.78. The number of imidazole rings is 2. The number of benzene rings is 2. The van der Waals surface area contributed by atoms with E-state index in [1.165, 1.54) is 12.7 Å². The SMILES string of the molecule is COC(=O)N[C@H](C(=O)N1CCC[C@H]1c1ncc(-c2ccc(-c3ccc(-c4cnc([C@H]5C6CCC(C6)[C@@H]5C(=O)NCc5cncc(C(C)C)c5)[nH]4)cc3)cc2)[nH]1)C(C)C. The van der Waals surface area contributed by atoms with E-state index in [0.717, 1.165) is 83.0 Å². The van der Waals surface area contributed by atoms with E-state index in [2.05, 4.69) is 94.0 Å². The zero-order chi connectivity index (χ0) is 40.5. The van der Waals surface area contributed by atoms with Crippen LogP contribution in [0.4, 0.5) is 4.79 Å². The molecular formula is C46H54N8O4. The first-order valence-electron chi connectivity index (χ1n) is 20.8. The molecule has 5 aromatic rings. The smallest absolute Gasteiger partial charge is 0.407 e. The summed E-state index contributed by atoms with van der Waals surface area (Å²) in [5, 5.41) is 5.95. The molecule has 2 bridgehead atoms. The van der Waals surface area contributed by atoms with E-state index in [0.29, 0.717) is 30.8 Å². The Kier molecular flexibility index (Phi) is 11.2. The van der Waals surface area contributed by atoms with Crippen molar-refractivity contribution in [3.05, 3.63) is 102 Å². The lowest BCUT2D eigenvalue weighted by Crippen LogP contribution is -2.51. The highest BCUT2D eigenvalue weighted by atomic mass is 16.5. The largest absolute Gasteiger partial charge is 0.453 e. The van der Waals surface area contributed by atoms with E-state index < -0.39 is 12.1 Å². The molecule has 0 spiro atoms. The van der Waals surface area contributed by atoms with Crippen LogP contribution in [0, 0.1) is 23.7 Å². The zero-order valence-corrected chi connectivity index (χ0v) is 34.0. The number of hydrogen-bond donors (Lipinski definition) is 4. The van der Waals surface area contributed by atoms with Crippen LogP contribution in [0.15, 0.2) is 79.4 Å². The Balaban J connectivity index is 0.911. The molecule has 302 valence electrons. The Labute approximate surface area is 340 Å². The summed E-state index contributed by atoms with van der Waals surface area (Å²) in [7, 11) is 1.30. The van der Waals surface area contributed by atoms with E-state index in [1.54, 1.807) is 0 Å². The van der Waals surface area contributed by atoms with Crippen molar-refractivity contribution >= 4 is 17.9 Å². The van der Waals surface area contributed by atoms with Crippen LogP contribution in [0.1, 0.15) is 100 Å². The number of aromatic nitrogens is 5. The number of pyridine rings is 1. The summed E-state index contributed by atoms with van der Waals surface area (Å²) in [6, 6.07) is 18.1. The number of fused-ring (bicyclic) bond motifs is 2. The Hall–Kier alpha value is -5.78. The summed E-state index contributed by atoms with van der Waals surface area (Å²) >= 11 is 0. The van der Waals surface area contributed by atoms with Gasteiger partial charge in [-0.1, -0.05) is 82.3 Å². The second kappa shape index (κ2) is 16.6. The molecule has 1 aliphatic heterocycles. The van der Waals surface area contributed by atoms with Crippen molar-refractivity contribution < 1.29 is 19.1 Å². The summed E-state index contributed by atoms with van der Waals surface area (Å²) in [5.41, 5.74) is 8.27. The molecule has 58 heavy (non-hydrogen) atoms. The molecule has 4 N–H and O–H groups in total. The molecule has 2 unspecified atom stereocenters. The zero-order valence-electron chi connectivity index (χ0n) is 34.0. The summed E-state index contributed by atoms with van der Waals surface area (Å²) in [6.45, 7) is 9.21. The molecule has 12 nitrogen and oxygen atoms in total. The number of carbonyl (C=O) groups is 3. The number of aromatic amines is 2. The summed E-state index contributed by atoms with van der Waals surface area (Å²) < 4.78 is 4.77. The van der Waals surface area contributed by atoms with Gasteiger partial charge < -0.3 is 30.2 Å². The Bertz CT molecular complexity index is 2240. The van der Waals surface area contributed by atoms with Gasteiger partial charge in [0.15, 0.2) is 0 Å². The number of amides is 3. The third-order valence-electron chi connectivity index (χ3n) is 12.6. The van der Waals surface area contributed by atoms with Crippen LogP contribution in [-0.4, -0.2) is 67.4 Å². The normalized spacial score (nSPS) is 21.8. The number of carbonyl (C=O) groups excluding carboxylic acids is 3. The Morgan fingerprint density at radius 3 is 2.07 bits per heavy atom. The topological polar surface area (TPSA) is 158 Å². The molecule has 3 aromatic heterocycles. The van der Waals surface area contributed by atoms with Crippen molar-refractivity contribution in [2.75, 3.05) is 13.7 Å². The number of ether oxygens (including phenoxy) is 1. The average molecular weight is 783 g/mol. The first kappa shape index (κ1) is 39.1. The minimum atomic E-state index is -0.678. The molecule has 2 saturated carbocycles. The molecule has 4 heterocycles. The third kappa shape index (κ3) is 7.88. The molecule has 3 amide bonds. The van der Waals surface area contributed by atoms with Crippen LogP contribution < -0.4 is 10.6 Å². The van der Waals surface area contributed by atoms with E-state index >= 15 is 0 Å². The molecule has 1 saturated heterocycles. The minimum Gasteiger partial charge on any atom is -0.453 e. The van der Waals surface area contributed by atoms with Gasteiger partial charge in [-0.3, -0.25) is 14.6 Å². The molecular weight excluding hydrogens is 729 g/mol. The maximum absolute atomic E-state index is 13.7. The van der Waals surface area contributed by atoms with Gasteiger partial charge in [-0.2, -0.15) is 0 Å². The molecule has 2 aliphatic carbocycles. The van der Waals surface area contributed by atoms with Gasteiger partial charge in [0.1, 0.15) is 17.7 Å². The maximum Gasteiger partial charge on any atom is 0.407 e. The number of methoxy groups -OCH3 is 1. The summed E-state index contributed by atoms with van der Waals surface area (Å²) in [5.74, 6) is 2.78. The van der Waals surface area contributed by atoms with Crippen LogP contribution in [0.3, 0.4) is 0 Å². The highest BCUT2D eigenvalue weighted by Gasteiger charge is 2.52. The molecule has 0 radical (unpaired) electrons. The molecule has 8 rings (SSSR count). The molecule has 6 atom stereocenters. The fraction of sp³-hybridized carbons (Fsp3) is 0.435. The highest BCUT2D eigenvalue weighted by molar-refractivity contribution is 5.86. The Morgan fingerprint density at radius 2 is 1.43 bits per heavy atom. The predicted octanol–water partition coefficient (Wildman–Crippen LogP) is 8.14. The summed E-state index contributed by atoms with van der Waals surface area (Å²) in [4.78, 5) is 62.1. The average Bonchev–Trinajstić information content (AvgIpc) is 4.10. The van der Waals surface area contributed by atoms with Crippen molar-refractivity contribution in [2.45, 2.75) is 90.3 Å². The fourth-order valence-corrected chi connectivity index (χ4v) is 9.47. The van der Waals surface area contributed by atoms with E-state index in [4.69, 9.17) is 14.7 Å². The number of nitrogens with one attached hydrogen (secondary N) is 4. The van der Waals surface area contributed by atoms with Gasteiger partial charge in [0.25, 0.3) is 0 Å². The van der Waals surface area contributed by atoms with Crippen molar-refractivity contribution in [3.63, 3.8) is 0 Å². The first-order chi connectivity index (χ1) is 28.1. The number of rotatable bonds is 12. The molecule has 3 fully saturated rings. The van der Waals surface area contributed by atoms with Gasteiger partial charge in [-0.15, -0.1) is 0 Å². The van der Waals surface area contributed by atoms with Crippen molar-refractivity contribution in [1.29, 1.82) is 0 Å². The molecule has 2 aromatic carbocycles. The molecule has 3 aliphatic rings. The van der Waals surface area contributed by atoms with Gasteiger partial charge in [-0.05, 0) is 89.2 Å². The van der Waals surface area contributed by atoms with Gasteiger partial charge in [0.05, 0.1) is 42.9 Å². The monoisotopic (exact) mass is 782 g/mol. The van der Waals surface area contributed by atoms with Crippen LogP contribution in [-0.2, 0) is 20.9 Å². The second-order valence-electron chi connectivity index (χ2n) is 17.0. The van der Waals surface area contributed by atoms with Gasteiger partial charge >= 0.3 is 6.09 Å². The van der Waals surface area contributed by atoms with Crippen molar-refractivity contribution in [3.8, 4) is 33.6 Å². The predicted molar refractivity (Wildman–Crippen MR) is 222 cm³/mol. The number of H-pyrrole nitrogens is 2. The van der Waals surface area contributed by atoms with Crippen LogP contribution >= 0.6 is 0 Å². The van der Waals surface area contributed by atoms with E-state index in [1.807, 2.05) is 43.5 Å². The van der Waals surface area contributed by atoms with E-state index in [9.17, 15) is 14.4 Å². The van der Waals surface area contributed by atoms with E-state index in [-0.39, 0.29) is 35.6 Å². The van der Waals surface area contributed by atoms with Crippen LogP contribution in [0.5, 0.6) is 0 Å². The van der Waals surface area contributed by atoms with Gasteiger partial charge in [-0.25, -0.2) is 14.8 Å². The second-order valence-corrected chi connectivity index (χ2v) is 17.0. The third-order valence-corrected chi connectivity index (χ3v) is 12.6. The molecule has 12 heteroatoms. The van der Waals surface area contributed by atoms with Gasteiger partial charge in [0, 0.05) is 31.4 Å². The number of likely N-dealkylation sites (tertiary alicyclic amines) is 1. The lowest BCUT2D eigenvalue weighted by molar-refractivity contribution is -0.135. The number of alkyl carbamates (subject to hydrolysis) is 1. The van der Waals surface area contributed by atoms with Gasteiger partial charge in [0.2, 0.25) is 11.8 Å². The van der Waals surface area contributed by atoms with Crippen molar-refractivity contribution in [1.82, 2.24) is 40.5 Å². The quantitative estimate of drug-likeness (QED) is 0.0995. The summed E-state index contributed by atoms with van der Waals surface area (Å²) in [6.07, 6.45) is 11.8. The minimum absolute atomic E-state index is 0.0846. The standard InChI is InChI=1S/C46H54N8O4/c1-26(2)35-19-28(21-47-23-35)22-50-44(55)40-34-17-16-33(20-34)39(40)43-49-25-37(52-43)32-14-10-30(11-15-32)29-8-12-31(13-9-29)36-24-48-42(51-36)38-7-6-18-54(38)45(56)41(27(3)4)53-46(57)58-5/h8-15,19,21,23-27,33-34,38-41H,6-7,16-18,20,22H2,1-5H3,(H,48,51)(H,49,52)(H,50,55)(H,53,57)/t33?,34?,38-,39-,40-,41-/m0/s1. The first-order valence-corrected chi connectivity index (χ1v) is 20.8. The number of nitrogens with zero attached hydrogens (tertiary/aromatic N) is 4. The van der Waals surface area contributed by atoms with Crippen LogP contribution in [0.2, 0.25) is 0 Å². The maximum atomic E-state index is 13.7.